The van der Waals surface area contributed by atoms with Gasteiger partial charge < -0.3 is 0 Å². The minimum Gasteiger partial charge on any atom is -0.285 e. The highest BCUT2D eigenvalue weighted by molar-refractivity contribution is 8.34. The van der Waals surface area contributed by atoms with E-state index in [9.17, 15) is 29.5 Å². The Morgan fingerprint density at radius 3 is 0.939 bits per heavy atom. The van der Waals surface area contributed by atoms with Crippen molar-refractivity contribution in [3.8, 4) is 0 Å². The third kappa shape index (κ3) is 27.6. The molecule has 0 rings (SSSR count). The lowest BCUT2D eigenvalue weighted by atomic mass is 9.97. The van der Waals surface area contributed by atoms with Gasteiger partial charge in [0.25, 0.3) is 0 Å². The first-order valence-corrected chi connectivity index (χ1v) is 35.1. The second kappa shape index (κ2) is 22.1. The van der Waals surface area contributed by atoms with Gasteiger partial charge in [0.2, 0.25) is 0 Å². The lowest BCUT2D eigenvalue weighted by molar-refractivity contribution is 0.507. The quantitative estimate of drug-likeness (QED) is 0.0814. The molecule has 304 valence electrons. The topological polar surface area (TPSA) is 119 Å². The summed E-state index contributed by atoms with van der Waals surface area (Å²) in [6.45, 7) is 4.45. The van der Waals surface area contributed by atoms with E-state index in [1.54, 1.807) is 0 Å². The van der Waals surface area contributed by atoms with Crippen LogP contribution in [0.3, 0.4) is 0 Å². The molecule has 49 heavy (non-hydrogen) atoms. The molecule has 0 saturated heterocycles. The average molecular weight is 856 g/mol. The summed E-state index contributed by atoms with van der Waals surface area (Å²) in [5.41, 5.74) is 0. The molecule has 0 aromatic rings. The molecule has 0 aliphatic heterocycles. The summed E-state index contributed by atoms with van der Waals surface area (Å²) in [6, 6.07) is 0. The van der Waals surface area contributed by atoms with Crippen molar-refractivity contribution in [2.24, 2.45) is 0 Å². The van der Waals surface area contributed by atoms with Crippen LogP contribution in [0.4, 0.5) is 0 Å². The fourth-order valence-corrected chi connectivity index (χ4v) is 20.2. The number of sulfone groups is 3. The predicted octanol–water partition coefficient (Wildman–Crippen LogP) is 6.31. The van der Waals surface area contributed by atoms with Gasteiger partial charge in [0.15, 0.2) is 0 Å². The number of rotatable bonds is 30. The van der Waals surface area contributed by atoms with E-state index in [1.807, 2.05) is 12.5 Å². The molecule has 0 aliphatic rings. The van der Waals surface area contributed by atoms with Gasteiger partial charge in [-0.25, -0.2) is 55.3 Å². The van der Waals surface area contributed by atoms with Crippen LogP contribution in [0.1, 0.15) is 78.1 Å². The van der Waals surface area contributed by atoms with Crippen LogP contribution in [0.5, 0.6) is 0 Å². The Kier molecular flexibility index (Phi) is 22.7. The molecule has 0 bridgehead atoms. The molecule has 0 aliphatic carbocycles. The van der Waals surface area contributed by atoms with E-state index in [4.69, 9.17) is 12.6 Å². The van der Waals surface area contributed by atoms with Crippen molar-refractivity contribution in [2.45, 2.75) is 82.8 Å². The first kappa shape index (κ1) is 50.4. The van der Waals surface area contributed by atoms with Gasteiger partial charge in [-0.3, -0.25) is 4.21 Å². The van der Waals surface area contributed by atoms with Gasteiger partial charge in [0.1, 0.15) is 29.5 Å². The van der Waals surface area contributed by atoms with Gasteiger partial charge in [-0.1, -0.05) is 13.8 Å². The van der Waals surface area contributed by atoms with Gasteiger partial charge in [-0.05, 0) is 147 Å². The van der Waals surface area contributed by atoms with Crippen LogP contribution in [0, 0.1) is 0 Å². The molecule has 0 spiro atoms. The van der Waals surface area contributed by atoms with Crippen LogP contribution in [-0.4, -0.2) is 159 Å². The Morgan fingerprint density at radius 2 is 0.694 bits per heavy atom. The van der Waals surface area contributed by atoms with E-state index >= 15 is 0 Å². The minimum absolute atomic E-state index is 0.0720. The van der Waals surface area contributed by atoms with Gasteiger partial charge in [0.05, 0.1) is 17.3 Å². The molecule has 7 nitrogen and oxygen atoms in total. The molecule has 2 atom stereocenters. The molecule has 2 unspecified atom stereocenters. The van der Waals surface area contributed by atoms with Crippen LogP contribution in [-0.2, 0) is 39.4 Å². The third-order valence-corrected chi connectivity index (χ3v) is 26.7. The van der Waals surface area contributed by atoms with Gasteiger partial charge in [-0.2, -0.15) is 12.6 Å². The van der Waals surface area contributed by atoms with Crippen molar-refractivity contribution >= 4 is 82.2 Å². The van der Waals surface area contributed by atoms with E-state index in [-0.39, 0.29) is 22.0 Å². The number of hydrogen-bond acceptors (Lipinski definition) is 8. The first-order chi connectivity index (χ1) is 22.1. The van der Waals surface area contributed by atoms with Crippen LogP contribution >= 0.6 is 42.7 Å². The SMILES string of the molecule is CCC(S)(CC)CCCS(C)(CCCS(C)(CCCS(C)(=O)=O)CCCS(C)(=O)=O)CCCS(C)(CCCS(C)(=O)=O)CCC[SH](C)(C)=O. The molecule has 0 amide bonds. The largest absolute Gasteiger partial charge is 0.285 e. The normalized spacial score (nSPS) is 18.3. The maximum absolute atomic E-state index is 12.5. The summed E-state index contributed by atoms with van der Waals surface area (Å²) in [4.78, 5) is 0. The Labute approximate surface area is 316 Å². The molecular formula is C34H78O7S8. The summed E-state index contributed by atoms with van der Waals surface area (Å²) < 4.78 is 83.9. The van der Waals surface area contributed by atoms with E-state index < -0.39 is 69.5 Å². The van der Waals surface area contributed by atoms with Crippen molar-refractivity contribution in [3.05, 3.63) is 0 Å². The number of hydrogen-bond donors (Lipinski definition) is 2. The lowest BCUT2D eigenvalue weighted by Crippen LogP contribution is -2.23. The fourth-order valence-electron chi connectivity index (χ4n) is 6.59. The minimum atomic E-state index is -3.04. The summed E-state index contributed by atoms with van der Waals surface area (Å²) in [5, 5.41) is 0. The Morgan fingerprint density at radius 1 is 0.449 bits per heavy atom. The van der Waals surface area contributed by atoms with Crippen LogP contribution in [0.15, 0.2) is 0 Å². The first-order valence-electron chi connectivity index (χ1n) is 18.0. The Balaban J connectivity index is 5.87. The highest BCUT2D eigenvalue weighted by Crippen LogP contribution is 2.53. The van der Waals surface area contributed by atoms with E-state index in [2.05, 4.69) is 32.6 Å². The van der Waals surface area contributed by atoms with Gasteiger partial charge >= 0.3 is 0 Å². The van der Waals surface area contributed by atoms with Crippen molar-refractivity contribution in [1.82, 2.24) is 0 Å². The fraction of sp³-hybridized carbons (Fsp3) is 1.00. The van der Waals surface area contributed by atoms with Crippen LogP contribution in [0.25, 0.3) is 0 Å². The molecular weight excluding hydrogens is 777 g/mol. The van der Waals surface area contributed by atoms with Gasteiger partial charge in [-0.15, -0.1) is 9.93 Å². The average Bonchev–Trinajstić information content (AvgIpc) is 2.90. The predicted molar refractivity (Wildman–Crippen MR) is 239 cm³/mol. The maximum Gasteiger partial charge on any atom is 0.147 e. The van der Waals surface area contributed by atoms with Gasteiger partial charge in [0, 0.05) is 29.3 Å². The maximum atomic E-state index is 12.5. The number of thiol groups is 2. The summed E-state index contributed by atoms with van der Waals surface area (Å²) >= 11 is 5.04. The second-order valence-corrected chi connectivity index (χ2v) is 40.0. The standard InChI is InChI=1S/C34H78O7S8/c1-11-34(42,12-2)20-13-22-44(5,24-15-26-45(6,23-14-21-43(3,4)35)28-17-31-47(8,36)37)25-16-27-46(7,29-18-32-48(9,38)39)30-19-33-49(10,40)41/h42-43H,11-33H2,1-10H3. The Hall–Kier alpha value is 1.40. The molecule has 0 heterocycles. The van der Waals surface area contributed by atoms with E-state index in [0.717, 1.165) is 85.2 Å². The zero-order chi connectivity index (χ0) is 38.3. The summed E-state index contributed by atoms with van der Waals surface area (Å²) in [7, 11) is -14.3. The second-order valence-electron chi connectivity index (χ2n) is 16.1. The highest BCUT2D eigenvalue weighted by Gasteiger charge is 2.27. The van der Waals surface area contributed by atoms with E-state index in [1.165, 1.54) is 36.0 Å². The zero-order valence-electron chi connectivity index (χ0n) is 33.0. The van der Waals surface area contributed by atoms with Crippen molar-refractivity contribution in [2.75, 3.05) is 125 Å². The molecule has 15 heteroatoms. The highest BCUT2D eigenvalue weighted by atomic mass is 32.3. The van der Waals surface area contributed by atoms with Crippen molar-refractivity contribution in [3.63, 3.8) is 0 Å². The zero-order valence-corrected chi connectivity index (χ0v) is 39.7. The molecule has 0 radical (unpaired) electrons. The van der Waals surface area contributed by atoms with E-state index in [0.29, 0.717) is 19.3 Å². The third-order valence-electron chi connectivity index (χ3n) is 9.93. The Bertz CT molecular complexity index is 1280. The molecule has 0 aromatic carbocycles. The summed E-state index contributed by atoms with van der Waals surface area (Å²) in [6.07, 6.45) is 24.3. The molecule has 0 saturated carbocycles. The molecule has 0 N–H and O–H groups in total. The molecule has 0 aromatic heterocycles. The smallest absolute Gasteiger partial charge is 0.147 e. The van der Waals surface area contributed by atoms with Crippen molar-refractivity contribution < 1.29 is 29.5 Å². The monoisotopic (exact) mass is 854 g/mol. The lowest BCUT2D eigenvalue weighted by Gasteiger charge is -2.42. The van der Waals surface area contributed by atoms with Crippen LogP contribution < -0.4 is 0 Å². The molecule has 0 fully saturated rings. The van der Waals surface area contributed by atoms with Crippen molar-refractivity contribution in [1.29, 1.82) is 0 Å². The van der Waals surface area contributed by atoms with Crippen LogP contribution in [0.2, 0.25) is 0 Å². The summed E-state index contributed by atoms with van der Waals surface area (Å²) in [5.74, 6) is 10.8.